The van der Waals surface area contributed by atoms with E-state index in [1.807, 2.05) is 0 Å². The summed E-state index contributed by atoms with van der Waals surface area (Å²) >= 11 is 0. The molecule has 0 saturated carbocycles. The van der Waals surface area contributed by atoms with Gasteiger partial charge in [0, 0.05) is 28.1 Å². The van der Waals surface area contributed by atoms with Gasteiger partial charge in [-0.1, -0.05) is 0 Å². The van der Waals surface area contributed by atoms with Crippen molar-refractivity contribution in [3.63, 3.8) is 0 Å². The molecule has 0 radical (unpaired) electrons. The van der Waals surface area contributed by atoms with Gasteiger partial charge in [0.25, 0.3) is 0 Å². The van der Waals surface area contributed by atoms with Crippen LogP contribution in [0, 0.1) is 0 Å². The molecule has 5 atom stereocenters. The summed E-state index contributed by atoms with van der Waals surface area (Å²) in [5.41, 5.74) is 0. The number of carbonyl (C=O) groups excluding carboxylic acids is 2. The molecule has 1 rings (SSSR count). The fourth-order valence-corrected chi connectivity index (χ4v) is 2.09. The lowest BCUT2D eigenvalue weighted by Gasteiger charge is -2.43. The minimum atomic E-state index is -0.778. The zero-order chi connectivity index (χ0) is 14.6. The summed E-state index contributed by atoms with van der Waals surface area (Å²) in [5, 5.41) is 0. The highest BCUT2D eigenvalue weighted by molar-refractivity contribution is 5.67. The van der Waals surface area contributed by atoms with Gasteiger partial charge in [-0.3, -0.25) is 9.59 Å². The van der Waals surface area contributed by atoms with Crippen molar-refractivity contribution in [2.75, 3.05) is 14.2 Å². The third kappa shape index (κ3) is 3.89. The Labute approximate surface area is 112 Å². The van der Waals surface area contributed by atoms with E-state index in [1.165, 1.54) is 28.1 Å². The Morgan fingerprint density at radius 1 is 0.895 bits per heavy atom. The summed E-state index contributed by atoms with van der Waals surface area (Å²) in [7, 11) is 2.90. The molecule has 0 amide bonds. The molecule has 0 aliphatic carbocycles. The van der Waals surface area contributed by atoms with E-state index in [9.17, 15) is 9.59 Å². The third-order valence-electron chi connectivity index (χ3n) is 2.84. The van der Waals surface area contributed by atoms with E-state index in [-0.39, 0.29) is 0 Å². The molecular weight excluding hydrogens is 256 g/mol. The van der Waals surface area contributed by atoms with Crippen molar-refractivity contribution in [1.82, 2.24) is 0 Å². The van der Waals surface area contributed by atoms with Gasteiger partial charge in [-0.25, -0.2) is 0 Å². The molecule has 7 heteroatoms. The lowest BCUT2D eigenvalue weighted by atomic mass is 9.99. The average molecular weight is 276 g/mol. The van der Waals surface area contributed by atoms with Crippen LogP contribution in [0.2, 0.25) is 0 Å². The minimum absolute atomic E-state index is 0.482. The fraction of sp³-hybridized carbons (Fsp3) is 0.833. The first-order valence-corrected chi connectivity index (χ1v) is 5.96. The molecule has 0 bridgehead atoms. The van der Waals surface area contributed by atoms with Crippen molar-refractivity contribution in [2.45, 2.75) is 51.5 Å². The Morgan fingerprint density at radius 3 is 1.84 bits per heavy atom. The molecule has 1 saturated heterocycles. The van der Waals surface area contributed by atoms with E-state index in [4.69, 9.17) is 23.7 Å². The topological polar surface area (TPSA) is 80.3 Å². The van der Waals surface area contributed by atoms with Crippen LogP contribution in [0.25, 0.3) is 0 Å². The number of ether oxygens (including phenoxy) is 5. The average Bonchev–Trinajstić information content (AvgIpc) is 2.32. The summed E-state index contributed by atoms with van der Waals surface area (Å²) in [6, 6.07) is 0. The predicted octanol–water partition coefficient (Wildman–Crippen LogP) is 0.256. The third-order valence-corrected chi connectivity index (χ3v) is 2.84. The number of rotatable bonds is 4. The van der Waals surface area contributed by atoms with Gasteiger partial charge in [-0.15, -0.1) is 0 Å². The molecular formula is C12H20O7. The molecule has 110 valence electrons. The van der Waals surface area contributed by atoms with E-state index in [1.54, 1.807) is 6.92 Å². The maximum Gasteiger partial charge on any atom is 0.303 e. The standard InChI is InChI=1S/C12H20O7/c1-6-9(18-7(2)13)10(19-8(3)14)11(15-4)12(16-5)17-6/h6,9-12H,1-5H3/t6-,9-,10+,11+,12+/m1/s1. The highest BCUT2D eigenvalue weighted by Gasteiger charge is 2.48. The van der Waals surface area contributed by atoms with E-state index >= 15 is 0 Å². The first-order chi connectivity index (χ1) is 8.90. The number of methoxy groups -OCH3 is 2. The van der Waals surface area contributed by atoms with Gasteiger partial charge in [-0.2, -0.15) is 0 Å². The van der Waals surface area contributed by atoms with Crippen molar-refractivity contribution >= 4 is 11.9 Å². The second kappa shape index (κ2) is 6.83. The molecule has 0 aromatic carbocycles. The van der Waals surface area contributed by atoms with Gasteiger partial charge in [0.15, 0.2) is 18.5 Å². The molecule has 1 aliphatic rings. The van der Waals surface area contributed by atoms with Gasteiger partial charge in [0.05, 0.1) is 6.10 Å². The minimum Gasteiger partial charge on any atom is -0.456 e. The van der Waals surface area contributed by atoms with Crippen molar-refractivity contribution in [1.29, 1.82) is 0 Å². The van der Waals surface area contributed by atoms with Crippen molar-refractivity contribution < 1.29 is 33.3 Å². The molecule has 7 nitrogen and oxygen atoms in total. The molecule has 19 heavy (non-hydrogen) atoms. The summed E-state index contributed by atoms with van der Waals surface area (Å²) in [6.07, 6.45) is -3.37. The molecule has 1 aliphatic heterocycles. The summed E-state index contributed by atoms with van der Waals surface area (Å²) in [6.45, 7) is 4.27. The zero-order valence-corrected chi connectivity index (χ0v) is 11.7. The maximum atomic E-state index is 11.2. The Kier molecular flexibility index (Phi) is 5.71. The van der Waals surface area contributed by atoms with Gasteiger partial charge < -0.3 is 23.7 Å². The second-order valence-corrected chi connectivity index (χ2v) is 4.29. The molecule has 1 fully saturated rings. The lowest BCUT2D eigenvalue weighted by molar-refractivity contribution is -0.296. The first kappa shape index (κ1) is 15.9. The molecule has 0 N–H and O–H groups in total. The van der Waals surface area contributed by atoms with E-state index in [0.717, 1.165) is 0 Å². The van der Waals surface area contributed by atoms with Crippen LogP contribution in [0.5, 0.6) is 0 Å². The Bertz CT molecular complexity index is 330. The highest BCUT2D eigenvalue weighted by Crippen LogP contribution is 2.28. The number of carbonyl (C=O) groups is 2. The van der Waals surface area contributed by atoms with Crippen LogP contribution in [-0.4, -0.2) is 56.9 Å². The van der Waals surface area contributed by atoms with Gasteiger partial charge in [-0.05, 0) is 6.92 Å². The van der Waals surface area contributed by atoms with Crippen LogP contribution in [0.15, 0.2) is 0 Å². The summed E-state index contributed by atoms with van der Waals surface area (Å²) < 4.78 is 26.3. The summed E-state index contributed by atoms with van der Waals surface area (Å²) in [4.78, 5) is 22.4. The second-order valence-electron chi connectivity index (χ2n) is 4.29. The molecule has 0 aromatic heterocycles. The predicted molar refractivity (Wildman–Crippen MR) is 63.2 cm³/mol. The molecule has 0 spiro atoms. The fourth-order valence-electron chi connectivity index (χ4n) is 2.09. The van der Waals surface area contributed by atoms with E-state index in [0.29, 0.717) is 0 Å². The van der Waals surface area contributed by atoms with Crippen molar-refractivity contribution in [2.24, 2.45) is 0 Å². The molecule has 0 unspecified atom stereocenters. The Morgan fingerprint density at radius 2 is 1.42 bits per heavy atom. The van der Waals surface area contributed by atoms with Crippen LogP contribution in [0.3, 0.4) is 0 Å². The van der Waals surface area contributed by atoms with E-state index < -0.39 is 42.6 Å². The van der Waals surface area contributed by atoms with Crippen LogP contribution in [0.1, 0.15) is 20.8 Å². The quantitative estimate of drug-likeness (QED) is 0.681. The maximum absolute atomic E-state index is 11.2. The number of hydrogen-bond donors (Lipinski definition) is 0. The van der Waals surface area contributed by atoms with Crippen LogP contribution in [-0.2, 0) is 33.3 Å². The van der Waals surface area contributed by atoms with Crippen LogP contribution < -0.4 is 0 Å². The van der Waals surface area contributed by atoms with E-state index in [2.05, 4.69) is 0 Å². The van der Waals surface area contributed by atoms with Gasteiger partial charge >= 0.3 is 11.9 Å². The zero-order valence-electron chi connectivity index (χ0n) is 11.7. The summed E-state index contributed by atoms with van der Waals surface area (Å²) in [5.74, 6) is -0.975. The Balaban J connectivity index is 2.97. The van der Waals surface area contributed by atoms with Crippen LogP contribution >= 0.6 is 0 Å². The van der Waals surface area contributed by atoms with Crippen molar-refractivity contribution in [3.8, 4) is 0 Å². The first-order valence-electron chi connectivity index (χ1n) is 5.96. The van der Waals surface area contributed by atoms with Crippen LogP contribution in [0.4, 0.5) is 0 Å². The Hall–Kier alpha value is -1.18. The van der Waals surface area contributed by atoms with Gasteiger partial charge in [0.1, 0.15) is 6.10 Å². The van der Waals surface area contributed by atoms with Crippen molar-refractivity contribution in [3.05, 3.63) is 0 Å². The monoisotopic (exact) mass is 276 g/mol. The number of esters is 2. The largest absolute Gasteiger partial charge is 0.456 e. The lowest BCUT2D eigenvalue weighted by Crippen LogP contribution is -2.60. The SMILES string of the molecule is CO[C@H]1O[C@H](C)[C@@H](OC(C)=O)[C@H](OC(C)=O)[C@@H]1OC. The highest BCUT2D eigenvalue weighted by atomic mass is 16.7. The normalized spacial score (nSPS) is 34.7. The smallest absolute Gasteiger partial charge is 0.303 e. The number of hydrogen-bond acceptors (Lipinski definition) is 7. The van der Waals surface area contributed by atoms with Gasteiger partial charge in [0.2, 0.25) is 0 Å². The molecule has 0 aromatic rings. The molecule has 1 heterocycles.